The number of rotatable bonds is 11. The van der Waals surface area contributed by atoms with E-state index in [-0.39, 0.29) is 22.9 Å². The second-order valence-electron chi connectivity index (χ2n) is 10.6. The lowest BCUT2D eigenvalue weighted by Gasteiger charge is -2.29. The molecule has 0 spiro atoms. The largest absolute Gasteiger partial charge is 0.347 e. The molecular formula is C34H37N3O3S2. The van der Waals surface area contributed by atoms with Crippen molar-refractivity contribution in [3.8, 4) is 11.1 Å². The number of hydrogen-bond donors (Lipinski definition) is 1. The van der Waals surface area contributed by atoms with Gasteiger partial charge in [0.2, 0.25) is 15.9 Å². The van der Waals surface area contributed by atoms with E-state index in [2.05, 4.69) is 36.3 Å². The molecule has 4 aromatic carbocycles. The van der Waals surface area contributed by atoms with Gasteiger partial charge in [0.1, 0.15) is 5.37 Å². The lowest BCUT2D eigenvalue weighted by molar-refractivity contribution is -0.123. The summed E-state index contributed by atoms with van der Waals surface area (Å²) in [5, 5.41) is 2.38. The van der Waals surface area contributed by atoms with E-state index in [1.54, 1.807) is 12.1 Å². The molecule has 4 aromatic rings. The van der Waals surface area contributed by atoms with Crippen LogP contribution in [-0.4, -0.2) is 54.8 Å². The van der Waals surface area contributed by atoms with Gasteiger partial charge in [-0.2, -0.15) is 4.31 Å². The standard InChI is InChI=1S/C34H37N3O3S2/c1-26(27-12-6-3-7-13-27)36(2)23-22-32(30-16-10-5-11-17-30)35-33(38)34-37(24-25-41-34)42(39,40)31-20-18-29(19-21-31)28-14-8-4-9-15-28/h3-21,26,32,34H,22-25H2,1-2H3,(H,35,38)/t26-,32?,34?/m1/s1. The maximum absolute atomic E-state index is 13.7. The van der Waals surface area contributed by atoms with Crippen LogP contribution in [0.5, 0.6) is 0 Å². The van der Waals surface area contributed by atoms with Crippen LogP contribution in [0, 0.1) is 0 Å². The number of carbonyl (C=O) groups excluding carboxylic acids is 1. The quantitative estimate of drug-likeness (QED) is 0.217. The van der Waals surface area contributed by atoms with E-state index in [1.807, 2.05) is 91.0 Å². The smallest absolute Gasteiger partial charge is 0.249 e. The third-order valence-electron chi connectivity index (χ3n) is 7.87. The first-order valence-corrected chi connectivity index (χ1v) is 16.7. The maximum atomic E-state index is 13.7. The molecular weight excluding hydrogens is 563 g/mol. The topological polar surface area (TPSA) is 69.7 Å². The fourth-order valence-corrected chi connectivity index (χ4v) is 8.34. The van der Waals surface area contributed by atoms with Crippen LogP contribution in [0.15, 0.2) is 120 Å². The number of benzene rings is 4. The number of nitrogens with one attached hydrogen (secondary N) is 1. The van der Waals surface area contributed by atoms with Crippen LogP contribution in [-0.2, 0) is 14.8 Å². The fourth-order valence-electron chi connectivity index (χ4n) is 5.26. The van der Waals surface area contributed by atoms with Gasteiger partial charge in [0.05, 0.1) is 10.9 Å². The molecule has 0 bridgehead atoms. The van der Waals surface area contributed by atoms with E-state index >= 15 is 0 Å². The number of thioether (sulfide) groups is 1. The molecule has 6 nitrogen and oxygen atoms in total. The number of nitrogens with zero attached hydrogens (tertiary/aromatic N) is 2. The van der Waals surface area contributed by atoms with Gasteiger partial charge in [-0.15, -0.1) is 11.8 Å². The van der Waals surface area contributed by atoms with Gasteiger partial charge >= 0.3 is 0 Å². The van der Waals surface area contributed by atoms with Crippen molar-refractivity contribution < 1.29 is 13.2 Å². The molecule has 1 fully saturated rings. The van der Waals surface area contributed by atoms with Crippen LogP contribution in [0.25, 0.3) is 11.1 Å². The Kier molecular flexibility index (Phi) is 9.80. The zero-order valence-electron chi connectivity index (χ0n) is 24.0. The molecule has 0 saturated carbocycles. The molecule has 1 amide bonds. The molecule has 8 heteroatoms. The molecule has 1 aliphatic rings. The first-order valence-electron chi connectivity index (χ1n) is 14.2. The highest BCUT2D eigenvalue weighted by atomic mass is 32.2. The normalized spacial score (nSPS) is 17.2. The van der Waals surface area contributed by atoms with Crippen molar-refractivity contribution in [3.63, 3.8) is 0 Å². The van der Waals surface area contributed by atoms with E-state index in [0.717, 1.165) is 23.2 Å². The van der Waals surface area contributed by atoms with Gasteiger partial charge in [0.25, 0.3) is 0 Å². The molecule has 2 unspecified atom stereocenters. The van der Waals surface area contributed by atoms with Crippen LogP contribution in [0.1, 0.15) is 36.6 Å². The molecule has 1 heterocycles. The van der Waals surface area contributed by atoms with Crippen LogP contribution >= 0.6 is 11.8 Å². The summed E-state index contributed by atoms with van der Waals surface area (Å²) in [5.74, 6) is 0.279. The van der Waals surface area contributed by atoms with E-state index < -0.39 is 15.4 Å². The lowest BCUT2D eigenvalue weighted by atomic mass is 10.0. The van der Waals surface area contributed by atoms with Gasteiger partial charge in [-0.25, -0.2) is 8.42 Å². The molecule has 218 valence electrons. The molecule has 1 aliphatic heterocycles. The minimum absolute atomic E-state index is 0.193. The van der Waals surface area contributed by atoms with E-state index in [0.29, 0.717) is 18.7 Å². The molecule has 3 atom stereocenters. The Hall–Kier alpha value is -3.43. The van der Waals surface area contributed by atoms with Crippen molar-refractivity contribution >= 4 is 27.7 Å². The highest BCUT2D eigenvalue weighted by Gasteiger charge is 2.40. The highest BCUT2D eigenvalue weighted by molar-refractivity contribution is 8.02. The predicted octanol–water partition coefficient (Wildman–Crippen LogP) is 6.36. The van der Waals surface area contributed by atoms with Gasteiger partial charge < -0.3 is 5.32 Å². The summed E-state index contributed by atoms with van der Waals surface area (Å²) in [5.41, 5.74) is 4.20. The minimum Gasteiger partial charge on any atom is -0.347 e. The molecule has 5 rings (SSSR count). The second kappa shape index (κ2) is 13.7. The van der Waals surface area contributed by atoms with Crippen molar-refractivity contribution in [2.45, 2.75) is 35.7 Å². The summed E-state index contributed by atoms with van der Waals surface area (Å²) in [6.45, 7) is 3.22. The number of sulfonamides is 1. The van der Waals surface area contributed by atoms with E-state index in [9.17, 15) is 13.2 Å². The average molecular weight is 600 g/mol. The Labute approximate surface area is 253 Å². The van der Waals surface area contributed by atoms with Crippen LogP contribution < -0.4 is 5.32 Å². The van der Waals surface area contributed by atoms with Crippen molar-refractivity contribution in [3.05, 3.63) is 126 Å². The number of hydrogen-bond acceptors (Lipinski definition) is 5. The molecule has 42 heavy (non-hydrogen) atoms. The summed E-state index contributed by atoms with van der Waals surface area (Å²) in [4.78, 5) is 16.2. The Bertz CT molecular complexity index is 1550. The molecule has 1 N–H and O–H groups in total. The summed E-state index contributed by atoms with van der Waals surface area (Å²) in [7, 11) is -1.77. The van der Waals surface area contributed by atoms with Crippen LogP contribution in [0.2, 0.25) is 0 Å². The molecule has 0 aliphatic carbocycles. The lowest BCUT2D eigenvalue weighted by Crippen LogP contribution is -2.46. The van der Waals surface area contributed by atoms with Crippen molar-refractivity contribution in [2.24, 2.45) is 0 Å². The first kappa shape index (κ1) is 30.0. The molecule has 0 radical (unpaired) electrons. The highest BCUT2D eigenvalue weighted by Crippen LogP contribution is 2.32. The molecule has 0 aromatic heterocycles. The maximum Gasteiger partial charge on any atom is 0.249 e. The van der Waals surface area contributed by atoms with E-state index in [4.69, 9.17) is 0 Å². The number of carbonyl (C=O) groups is 1. The summed E-state index contributed by atoms with van der Waals surface area (Å²) >= 11 is 1.37. The SMILES string of the molecule is C[C@H](c1ccccc1)N(C)CCC(NC(=O)C1SCCN1S(=O)(=O)c1ccc(-c2ccccc2)cc1)c1ccccc1. The minimum atomic E-state index is -3.86. The Morgan fingerprint density at radius 3 is 2.02 bits per heavy atom. The van der Waals surface area contributed by atoms with Crippen molar-refractivity contribution in [2.75, 3.05) is 25.9 Å². The van der Waals surface area contributed by atoms with Gasteiger partial charge in [-0.05, 0) is 54.8 Å². The Balaban J connectivity index is 1.29. The Morgan fingerprint density at radius 2 is 1.40 bits per heavy atom. The van der Waals surface area contributed by atoms with Crippen molar-refractivity contribution in [1.29, 1.82) is 0 Å². The third kappa shape index (κ3) is 6.95. The predicted molar refractivity (Wildman–Crippen MR) is 171 cm³/mol. The van der Waals surface area contributed by atoms with Gasteiger partial charge in [-0.1, -0.05) is 103 Å². The second-order valence-corrected chi connectivity index (χ2v) is 13.6. The van der Waals surface area contributed by atoms with Gasteiger partial charge in [0, 0.05) is 24.9 Å². The molecule has 1 saturated heterocycles. The van der Waals surface area contributed by atoms with Crippen LogP contribution in [0.4, 0.5) is 0 Å². The third-order valence-corrected chi connectivity index (χ3v) is 11.1. The van der Waals surface area contributed by atoms with Gasteiger partial charge in [0.15, 0.2) is 0 Å². The summed E-state index contributed by atoms with van der Waals surface area (Å²) in [6, 6.07) is 37.0. The van der Waals surface area contributed by atoms with Crippen LogP contribution in [0.3, 0.4) is 0 Å². The zero-order chi connectivity index (χ0) is 29.5. The monoisotopic (exact) mass is 599 g/mol. The number of amides is 1. The van der Waals surface area contributed by atoms with E-state index in [1.165, 1.54) is 21.6 Å². The van der Waals surface area contributed by atoms with Crippen molar-refractivity contribution in [1.82, 2.24) is 14.5 Å². The average Bonchev–Trinajstić information content (AvgIpc) is 3.55. The summed E-state index contributed by atoms with van der Waals surface area (Å²) in [6.07, 6.45) is 0.689. The Morgan fingerprint density at radius 1 is 0.857 bits per heavy atom. The fraction of sp³-hybridized carbons (Fsp3) is 0.265. The first-order chi connectivity index (χ1) is 20.3. The summed E-state index contributed by atoms with van der Waals surface area (Å²) < 4.78 is 28.8. The van der Waals surface area contributed by atoms with Gasteiger partial charge in [-0.3, -0.25) is 9.69 Å². The zero-order valence-corrected chi connectivity index (χ0v) is 25.6.